The summed E-state index contributed by atoms with van der Waals surface area (Å²) in [5.74, 6) is 2.28. The third-order valence-corrected chi connectivity index (χ3v) is 7.62. The summed E-state index contributed by atoms with van der Waals surface area (Å²) in [6.07, 6.45) is -1.97. The van der Waals surface area contributed by atoms with Gasteiger partial charge in [0.1, 0.15) is 17.3 Å². The van der Waals surface area contributed by atoms with E-state index in [1.807, 2.05) is 23.1 Å². The molecule has 2 saturated heterocycles. The molecule has 0 aliphatic carbocycles. The molecule has 1 atom stereocenters. The Balaban J connectivity index is 1.27. The van der Waals surface area contributed by atoms with Gasteiger partial charge >= 0.3 is 6.18 Å². The number of halogens is 4. The van der Waals surface area contributed by atoms with Gasteiger partial charge in [-0.1, -0.05) is 17.7 Å². The molecule has 3 aliphatic heterocycles. The summed E-state index contributed by atoms with van der Waals surface area (Å²) in [5, 5.41) is 9.92. The number of fused-ring (bicyclic) bond motifs is 3. The molecule has 7 nitrogen and oxygen atoms in total. The van der Waals surface area contributed by atoms with Crippen molar-refractivity contribution in [2.45, 2.75) is 50.5 Å². The number of alkyl halides is 3. The smallest absolute Gasteiger partial charge is 0.380 e. The van der Waals surface area contributed by atoms with Gasteiger partial charge < -0.3 is 9.64 Å². The van der Waals surface area contributed by atoms with E-state index in [0.29, 0.717) is 43.1 Å². The van der Waals surface area contributed by atoms with Crippen LogP contribution in [-0.2, 0) is 24.0 Å². The lowest BCUT2D eigenvalue weighted by molar-refractivity contribution is -0.141. The van der Waals surface area contributed by atoms with Gasteiger partial charge in [0.05, 0.1) is 18.8 Å². The summed E-state index contributed by atoms with van der Waals surface area (Å²) in [5.41, 5.74) is 1.30. The molecule has 36 heavy (non-hydrogen) atoms. The standard InChI is InChI=1S/C25H26ClF3N6O/c26-18-4-5-20-17(12-18)13-34(19-8-11-36-15-19)14-23-31-32-24(35(20)23)16-6-9-33(10-7-16)22-3-1-2-21(30-22)25(27,28)29/h1-5,12,16,19H,6-11,13-15H2/t19-/m1/s1. The van der Waals surface area contributed by atoms with Crippen molar-refractivity contribution in [1.82, 2.24) is 24.6 Å². The van der Waals surface area contributed by atoms with E-state index in [-0.39, 0.29) is 5.92 Å². The first-order chi connectivity index (χ1) is 17.4. The summed E-state index contributed by atoms with van der Waals surface area (Å²) in [7, 11) is 0. The SMILES string of the molecule is FC(F)(F)c1cccc(N2CCC(c3nnc4n3-c3ccc(Cl)cc3CN([C@@H]3CCOC3)C4)CC2)n1. The fraction of sp³-hybridized carbons (Fsp3) is 0.480. The summed E-state index contributed by atoms with van der Waals surface area (Å²) in [6, 6.07) is 10.3. The highest BCUT2D eigenvalue weighted by molar-refractivity contribution is 6.30. The van der Waals surface area contributed by atoms with Crippen molar-refractivity contribution in [2.75, 3.05) is 31.2 Å². The topological polar surface area (TPSA) is 59.3 Å². The number of hydrogen-bond acceptors (Lipinski definition) is 6. The zero-order valence-electron chi connectivity index (χ0n) is 19.6. The van der Waals surface area contributed by atoms with E-state index in [2.05, 4.69) is 24.6 Å². The third kappa shape index (κ3) is 4.46. The van der Waals surface area contributed by atoms with Crippen molar-refractivity contribution in [2.24, 2.45) is 0 Å². The number of piperidine rings is 1. The van der Waals surface area contributed by atoms with Gasteiger partial charge in [0.2, 0.25) is 0 Å². The van der Waals surface area contributed by atoms with Crippen LogP contribution in [0.25, 0.3) is 5.69 Å². The van der Waals surface area contributed by atoms with Crippen LogP contribution in [0, 0.1) is 0 Å². The first-order valence-corrected chi connectivity index (χ1v) is 12.6. The van der Waals surface area contributed by atoms with Gasteiger partial charge in [0.15, 0.2) is 5.82 Å². The Morgan fingerprint density at radius 1 is 1.00 bits per heavy atom. The number of pyridine rings is 1. The first-order valence-electron chi connectivity index (χ1n) is 12.2. The van der Waals surface area contributed by atoms with Gasteiger partial charge in [-0.2, -0.15) is 13.2 Å². The van der Waals surface area contributed by atoms with Gasteiger partial charge in [0, 0.05) is 43.2 Å². The number of benzene rings is 1. The molecular weight excluding hydrogens is 493 g/mol. The van der Waals surface area contributed by atoms with Crippen molar-refractivity contribution in [3.05, 3.63) is 64.3 Å². The third-order valence-electron chi connectivity index (χ3n) is 7.39. The molecule has 0 radical (unpaired) electrons. The summed E-state index contributed by atoms with van der Waals surface area (Å²) in [4.78, 5) is 8.17. The normalized spacial score (nSPS) is 21.3. The van der Waals surface area contributed by atoms with E-state index in [1.165, 1.54) is 6.07 Å². The van der Waals surface area contributed by atoms with Crippen molar-refractivity contribution < 1.29 is 17.9 Å². The van der Waals surface area contributed by atoms with Crippen LogP contribution in [0.4, 0.5) is 19.0 Å². The molecule has 0 amide bonds. The van der Waals surface area contributed by atoms with E-state index in [0.717, 1.165) is 61.4 Å². The van der Waals surface area contributed by atoms with Crippen LogP contribution in [0.5, 0.6) is 0 Å². The Morgan fingerprint density at radius 2 is 1.83 bits per heavy atom. The summed E-state index contributed by atoms with van der Waals surface area (Å²) < 4.78 is 47.2. The number of hydrogen-bond donors (Lipinski definition) is 0. The lowest BCUT2D eigenvalue weighted by Gasteiger charge is -2.32. The van der Waals surface area contributed by atoms with Crippen LogP contribution in [-0.4, -0.2) is 57.0 Å². The Kier molecular flexibility index (Phi) is 6.13. The maximum atomic E-state index is 13.1. The molecular formula is C25H26ClF3N6O. The fourth-order valence-corrected chi connectivity index (χ4v) is 5.70. The highest BCUT2D eigenvalue weighted by atomic mass is 35.5. The molecule has 190 valence electrons. The Labute approximate surface area is 211 Å². The molecule has 3 aliphatic rings. The maximum Gasteiger partial charge on any atom is 0.433 e. The van der Waals surface area contributed by atoms with Crippen LogP contribution < -0.4 is 4.90 Å². The van der Waals surface area contributed by atoms with Crippen molar-refractivity contribution in [1.29, 1.82) is 0 Å². The van der Waals surface area contributed by atoms with Crippen molar-refractivity contribution in [3.63, 3.8) is 0 Å². The van der Waals surface area contributed by atoms with Gasteiger partial charge in [0.25, 0.3) is 0 Å². The van der Waals surface area contributed by atoms with E-state index >= 15 is 0 Å². The molecule has 5 heterocycles. The second-order valence-electron chi connectivity index (χ2n) is 9.65. The highest BCUT2D eigenvalue weighted by Gasteiger charge is 2.35. The molecule has 6 rings (SSSR count). The Bertz CT molecular complexity index is 1250. The number of nitrogens with zero attached hydrogens (tertiary/aromatic N) is 6. The molecule has 0 unspecified atom stereocenters. The lowest BCUT2D eigenvalue weighted by atomic mass is 9.95. The van der Waals surface area contributed by atoms with E-state index in [1.54, 1.807) is 6.07 Å². The predicted molar refractivity (Wildman–Crippen MR) is 128 cm³/mol. The second kappa shape index (κ2) is 9.32. The average molecular weight is 519 g/mol. The van der Waals surface area contributed by atoms with Gasteiger partial charge in [-0.25, -0.2) is 4.98 Å². The Hall–Kier alpha value is -2.69. The van der Waals surface area contributed by atoms with Crippen molar-refractivity contribution in [3.8, 4) is 5.69 Å². The molecule has 2 aromatic heterocycles. The van der Waals surface area contributed by atoms with Crippen LogP contribution in [0.2, 0.25) is 5.02 Å². The van der Waals surface area contributed by atoms with Gasteiger partial charge in [-0.15, -0.1) is 10.2 Å². The molecule has 2 fully saturated rings. The summed E-state index contributed by atoms with van der Waals surface area (Å²) in [6.45, 7) is 4.09. The van der Waals surface area contributed by atoms with Crippen LogP contribution >= 0.6 is 11.6 Å². The number of aromatic nitrogens is 4. The largest absolute Gasteiger partial charge is 0.433 e. The second-order valence-corrected chi connectivity index (χ2v) is 10.1. The van der Waals surface area contributed by atoms with Crippen LogP contribution in [0.1, 0.15) is 48.1 Å². The average Bonchev–Trinajstić information content (AvgIpc) is 3.52. The van der Waals surface area contributed by atoms with E-state index < -0.39 is 11.9 Å². The monoisotopic (exact) mass is 518 g/mol. The minimum Gasteiger partial charge on any atom is -0.380 e. The zero-order chi connectivity index (χ0) is 24.9. The minimum absolute atomic E-state index is 0.137. The molecule has 0 saturated carbocycles. The number of ether oxygens (including phenoxy) is 1. The highest BCUT2D eigenvalue weighted by Crippen LogP contribution is 2.36. The van der Waals surface area contributed by atoms with E-state index in [9.17, 15) is 13.2 Å². The Morgan fingerprint density at radius 3 is 2.58 bits per heavy atom. The molecule has 0 spiro atoms. The molecule has 0 bridgehead atoms. The molecule has 3 aromatic rings. The van der Waals surface area contributed by atoms with E-state index in [4.69, 9.17) is 16.3 Å². The van der Waals surface area contributed by atoms with Crippen LogP contribution in [0.15, 0.2) is 36.4 Å². The molecule has 11 heteroatoms. The minimum atomic E-state index is -4.46. The lowest BCUT2D eigenvalue weighted by Crippen LogP contribution is -2.34. The molecule has 1 aromatic carbocycles. The van der Waals surface area contributed by atoms with Crippen LogP contribution in [0.3, 0.4) is 0 Å². The number of anilines is 1. The summed E-state index contributed by atoms with van der Waals surface area (Å²) >= 11 is 6.37. The quantitative estimate of drug-likeness (QED) is 0.495. The van der Waals surface area contributed by atoms with Gasteiger partial charge in [-0.05, 0) is 55.2 Å². The van der Waals surface area contributed by atoms with Gasteiger partial charge in [-0.3, -0.25) is 9.47 Å². The zero-order valence-corrected chi connectivity index (χ0v) is 20.3. The predicted octanol–water partition coefficient (Wildman–Crippen LogP) is 4.82. The fourth-order valence-electron chi connectivity index (χ4n) is 5.51. The van der Waals surface area contributed by atoms with Crippen molar-refractivity contribution >= 4 is 17.4 Å². The maximum absolute atomic E-state index is 13.1. The molecule has 0 N–H and O–H groups in total. The number of rotatable bonds is 3. The first kappa shape index (κ1) is 23.7.